The standard InChI is InChI=1S/C30H42N4O3/c1-22(2)33-14-12-31(13-15-33)20-26-6-5-7-28(16-26)30(37)34-23(3)17-32(18-24(34)4)19-25-8-10-27(11-9-25)29(36)21-35/h5-11,16,22-24,35H,12-15,17-21H2,1-4H3/t23-,24+. The Morgan fingerprint density at radius 2 is 1.46 bits per heavy atom. The van der Waals surface area contributed by atoms with Gasteiger partial charge in [0.1, 0.15) is 6.61 Å². The number of piperazine rings is 2. The lowest BCUT2D eigenvalue weighted by Gasteiger charge is -2.44. The highest BCUT2D eigenvalue weighted by Crippen LogP contribution is 2.22. The van der Waals surface area contributed by atoms with Gasteiger partial charge in [-0.3, -0.25) is 24.3 Å². The molecule has 200 valence electrons. The number of Topliss-reactive ketones (excluding diaryl/α,β-unsaturated/α-hetero) is 1. The van der Waals surface area contributed by atoms with Crippen LogP contribution < -0.4 is 0 Å². The molecule has 2 aromatic rings. The van der Waals surface area contributed by atoms with Gasteiger partial charge >= 0.3 is 0 Å². The predicted molar refractivity (Wildman–Crippen MR) is 147 cm³/mol. The third kappa shape index (κ3) is 6.85. The Morgan fingerprint density at radius 1 is 0.838 bits per heavy atom. The summed E-state index contributed by atoms with van der Waals surface area (Å²) in [6, 6.07) is 16.4. The summed E-state index contributed by atoms with van der Waals surface area (Å²) in [5.74, 6) is -0.156. The minimum atomic E-state index is -0.470. The molecule has 0 bridgehead atoms. The number of rotatable bonds is 8. The lowest BCUT2D eigenvalue weighted by atomic mass is 10.0. The maximum absolute atomic E-state index is 13.6. The molecule has 37 heavy (non-hydrogen) atoms. The number of ketones is 1. The zero-order valence-electron chi connectivity index (χ0n) is 22.8. The molecule has 2 heterocycles. The number of hydrogen-bond donors (Lipinski definition) is 1. The molecular formula is C30H42N4O3. The highest BCUT2D eigenvalue weighted by molar-refractivity contribution is 5.97. The molecule has 2 saturated heterocycles. The van der Waals surface area contributed by atoms with Gasteiger partial charge in [0.15, 0.2) is 5.78 Å². The molecule has 0 radical (unpaired) electrons. The SMILES string of the molecule is CC(C)N1CCN(Cc2cccc(C(=O)N3[C@H](C)CN(Cc4ccc(C(=O)CO)cc4)C[C@@H]3C)c2)CC1. The van der Waals surface area contributed by atoms with Crippen LogP contribution in [0.4, 0.5) is 0 Å². The van der Waals surface area contributed by atoms with Crippen molar-refractivity contribution in [3.63, 3.8) is 0 Å². The number of aliphatic hydroxyl groups excluding tert-OH is 1. The number of aliphatic hydroxyl groups is 1. The fourth-order valence-electron chi connectivity index (χ4n) is 5.76. The third-order valence-corrected chi connectivity index (χ3v) is 7.77. The second-order valence-corrected chi connectivity index (χ2v) is 11.0. The van der Waals surface area contributed by atoms with Gasteiger partial charge in [-0.15, -0.1) is 0 Å². The predicted octanol–water partition coefficient (Wildman–Crippen LogP) is 3.12. The summed E-state index contributed by atoms with van der Waals surface area (Å²) in [4.78, 5) is 34.7. The first kappa shape index (κ1) is 27.5. The van der Waals surface area contributed by atoms with Crippen molar-refractivity contribution in [2.24, 2.45) is 0 Å². The van der Waals surface area contributed by atoms with Crippen molar-refractivity contribution in [1.82, 2.24) is 19.6 Å². The van der Waals surface area contributed by atoms with E-state index in [0.717, 1.165) is 63.5 Å². The minimum Gasteiger partial charge on any atom is -0.388 e. The molecule has 7 heteroatoms. The van der Waals surface area contributed by atoms with Crippen molar-refractivity contribution in [3.05, 3.63) is 70.8 Å². The molecule has 4 rings (SSSR count). The van der Waals surface area contributed by atoms with Crippen molar-refractivity contribution in [2.75, 3.05) is 45.9 Å². The summed E-state index contributed by atoms with van der Waals surface area (Å²) >= 11 is 0. The van der Waals surface area contributed by atoms with Crippen LogP contribution >= 0.6 is 0 Å². The lowest BCUT2D eigenvalue weighted by molar-refractivity contribution is 0.0268. The second-order valence-electron chi connectivity index (χ2n) is 11.0. The van der Waals surface area contributed by atoms with Gasteiger partial charge in [-0.2, -0.15) is 0 Å². The monoisotopic (exact) mass is 506 g/mol. The molecular weight excluding hydrogens is 464 g/mol. The van der Waals surface area contributed by atoms with Crippen LogP contribution in [0.2, 0.25) is 0 Å². The first-order chi connectivity index (χ1) is 17.7. The Labute approximate surface area is 221 Å². The number of hydrogen-bond acceptors (Lipinski definition) is 6. The van der Waals surface area contributed by atoms with Crippen molar-refractivity contribution in [2.45, 2.75) is 58.9 Å². The van der Waals surface area contributed by atoms with Gasteiger partial charge in [-0.25, -0.2) is 0 Å². The number of benzene rings is 2. The maximum atomic E-state index is 13.6. The average molecular weight is 507 g/mol. The van der Waals surface area contributed by atoms with Crippen LogP contribution in [-0.4, -0.2) is 100 Å². The van der Waals surface area contributed by atoms with E-state index in [1.54, 1.807) is 12.1 Å². The molecule has 0 spiro atoms. The van der Waals surface area contributed by atoms with E-state index in [4.69, 9.17) is 5.11 Å². The van der Waals surface area contributed by atoms with Gasteiger partial charge in [-0.05, 0) is 51.0 Å². The first-order valence-electron chi connectivity index (χ1n) is 13.6. The smallest absolute Gasteiger partial charge is 0.254 e. The molecule has 2 atom stereocenters. The summed E-state index contributed by atoms with van der Waals surface area (Å²) < 4.78 is 0. The van der Waals surface area contributed by atoms with E-state index in [2.05, 4.69) is 54.5 Å². The highest BCUT2D eigenvalue weighted by atomic mass is 16.3. The van der Waals surface area contributed by atoms with Crippen LogP contribution in [0.3, 0.4) is 0 Å². The molecule has 2 aliphatic heterocycles. The Kier molecular flexibility index (Phi) is 9.13. The molecule has 0 unspecified atom stereocenters. The summed E-state index contributed by atoms with van der Waals surface area (Å²) in [7, 11) is 0. The molecule has 0 aliphatic carbocycles. The van der Waals surface area contributed by atoms with Gasteiger partial charge < -0.3 is 10.0 Å². The van der Waals surface area contributed by atoms with Gasteiger partial charge in [0.2, 0.25) is 0 Å². The fourth-order valence-corrected chi connectivity index (χ4v) is 5.76. The zero-order valence-corrected chi connectivity index (χ0v) is 22.8. The topological polar surface area (TPSA) is 67.3 Å². The Morgan fingerprint density at radius 3 is 2.05 bits per heavy atom. The Bertz CT molecular complexity index is 1050. The van der Waals surface area contributed by atoms with Crippen LogP contribution in [0.1, 0.15) is 59.5 Å². The van der Waals surface area contributed by atoms with E-state index >= 15 is 0 Å². The first-order valence-corrected chi connectivity index (χ1v) is 13.6. The molecule has 0 aromatic heterocycles. The van der Waals surface area contributed by atoms with E-state index in [0.29, 0.717) is 11.6 Å². The summed E-state index contributed by atoms with van der Waals surface area (Å²) in [5.41, 5.74) is 3.62. The van der Waals surface area contributed by atoms with E-state index in [1.807, 2.05) is 29.2 Å². The molecule has 2 fully saturated rings. The largest absolute Gasteiger partial charge is 0.388 e. The third-order valence-electron chi connectivity index (χ3n) is 7.77. The van der Waals surface area contributed by atoms with Gasteiger partial charge in [0.05, 0.1) is 0 Å². The van der Waals surface area contributed by atoms with Crippen LogP contribution in [0.15, 0.2) is 48.5 Å². The second kappa shape index (κ2) is 12.3. The minimum absolute atomic E-state index is 0.0965. The molecule has 2 aromatic carbocycles. The van der Waals surface area contributed by atoms with Crippen LogP contribution in [0.25, 0.3) is 0 Å². The van der Waals surface area contributed by atoms with Crippen molar-refractivity contribution in [3.8, 4) is 0 Å². The molecule has 0 saturated carbocycles. The van der Waals surface area contributed by atoms with Gasteiger partial charge in [0, 0.05) is 81.6 Å². The Balaban J connectivity index is 1.35. The van der Waals surface area contributed by atoms with Gasteiger partial charge in [-0.1, -0.05) is 36.4 Å². The van der Waals surface area contributed by atoms with Crippen LogP contribution in [0.5, 0.6) is 0 Å². The van der Waals surface area contributed by atoms with Crippen molar-refractivity contribution >= 4 is 11.7 Å². The lowest BCUT2D eigenvalue weighted by Crippen LogP contribution is -2.58. The summed E-state index contributed by atoms with van der Waals surface area (Å²) in [5, 5.41) is 9.05. The summed E-state index contributed by atoms with van der Waals surface area (Å²) in [6.07, 6.45) is 0. The zero-order chi connectivity index (χ0) is 26.5. The van der Waals surface area contributed by atoms with Crippen molar-refractivity contribution in [1.29, 1.82) is 0 Å². The quantitative estimate of drug-likeness (QED) is 0.555. The van der Waals surface area contributed by atoms with Crippen molar-refractivity contribution < 1.29 is 14.7 Å². The average Bonchev–Trinajstić information content (AvgIpc) is 2.88. The molecule has 2 aliphatic rings. The van der Waals surface area contributed by atoms with E-state index in [9.17, 15) is 9.59 Å². The van der Waals surface area contributed by atoms with E-state index in [-0.39, 0.29) is 23.8 Å². The number of carbonyl (C=O) groups is 2. The number of nitrogens with zero attached hydrogens (tertiary/aromatic N) is 4. The highest BCUT2D eigenvalue weighted by Gasteiger charge is 2.33. The van der Waals surface area contributed by atoms with Crippen LogP contribution in [0, 0.1) is 0 Å². The van der Waals surface area contributed by atoms with Crippen LogP contribution in [-0.2, 0) is 13.1 Å². The molecule has 1 amide bonds. The van der Waals surface area contributed by atoms with Gasteiger partial charge in [0.25, 0.3) is 5.91 Å². The van der Waals surface area contributed by atoms with E-state index in [1.165, 1.54) is 5.56 Å². The van der Waals surface area contributed by atoms with E-state index < -0.39 is 6.61 Å². The normalized spacial score (nSPS) is 21.9. The Hall–Kier alpha value is -2.58. The maximum Gasteiger partial charge on any atom is 0.254 e. The molecule has 1 N–H and O–H groups in total. The summed E-state index contributed by atoms with van der Waals surface area (Å²) in [6.45, 7) is 15.9. The number of amides is 1. The molecule has 7 nitrogen and oxygen atoms in total. The number of carbonyl (C=O) groups excluding carboxylic acids is 2. The fraction of sp³-hybridized carbons (Fsp3) is 0.533.